The highest BCUT2D eigenvalue weighted by Gasteiger charge is 2.21. The van der Waals surface area contributed by atoms with Crippen molar-refractivity contribution in [1.82, 2.24) is 9.97 Å². The van der Waals surface area contributed by atoms with Crippen molar-refractivity contribution in [3.8, 4) is 0 Å². The number of anilines is 2. The first-order valence-electron chi connectivity index (χ1n) is 9.07. The molecule has 0 aliphatic carbocycles. The van der Waals surface area contributed by atoms with Gasteiger partial charge in [-0.3, -0.25) is 15.1 Å². The quantitative estimate of drug-likeness (QED) is 0.509. The van der Waals surface area contributed by atoms with Crippen LogP contribution in [0.3, 0.4) is 0 Å². The van der Waals surface area contributed by atoms with E-state index in [1.54, 1.807) is 36.4 Å². The lowest BCUT2D eigenvalue weighted by atomic mass is 9.87. The van der Waals surface area contributed by atoms with E-state index in [0.29, 0.717) is 11.4 Å². The SMILES string of the molecule is CC(C)(C)c1ccc(S(=O)(=O)Nc2cc(Cl)cnc2C(=N)c2ccc(N)nc2)cc1. The fraction of sp³-hybridized carbons (Fsp3) is 0.190. The van der Waals surface area contributed by atoms with Gasteiger partial charge in [-0.05, 0) is 41.3 Å². The molecule has 0 bridgehead atoms. The van der Waals surface area contributed by atoms with E-state index in [2.05, 4.69) is 35.5 Å². The van der Waals surface area contributed by atoms with E-state index >= 15 is 0 Å². The van der Waals surface area contributed by atoms with E-state index in [0.717, 1.165) is 5.56 Å². The average molecular weight is 444 g/mol. The number of hydrogen-bond donors (Lipinski definition) is 3. The van der Waals surface area contributed by atoms with Gasteiger partial charge >= 0.3 is 0 Å². The van der Waals surface area contributed by atoms with E-state index in [1.807, 2.05) is 0 Å². The van der Waals surface area contributed by atoms with Crippen LogP contribution in [0.2, 0.25) is 5.02 Å². The molecule has 0 aliphatic heterocycles. The molecule has 0 saturated heterocycles. The maximum Gasteiger partial charge on any atom is 0.261 e. The van der Waals surface area contributed by atoms with Gasteiger partial charge in [-0.2, -0.15) is 0 Å². The topological polar surface area (TPSA) is 122 Å². The first-order chi connectivity index (χ1) is 14.0. The van der Waals surface area contributed by atoms with Crippen molar-refractivity contribution in [2.75, 3.05) is 10.5 Å². The minimum Gasteiger partial charge on any atom is -0.384 e. The molecule has 9 heteroatoms. The number of benzene rings is 1. The monoisotopic (exact) mass is 443 g/mol. The van der Waals surface area contributed by atoms with Crippen LogP contribution >= 0.6 is 11.6 Å². The molecule has 3 rings (SSSR count). The summed E-state index contributed by atoms with van der Waals surface area (Å²) in [6.45, 7) is 6.16. The number of aromatic nitrogens is 2. The summed E-state index contributed by atoms with van der Waals surface area (Å²) < 4.78 is 28.4. The van der Waals surface area contributed by atoms with Crippen LogP contribution in [0.1, 0.15) is 37.6 Å². The average Bonchev–Trinajstić information content (AvgIpc) is 2.67. The normalized spacial score (nSPS) is 11.9. The maximum absolute atomic E-state index is 12.9. The summed E-state index contributed by atoms with van der Waals surface area (Å²) in [6, 6.07) is 11.3. The van der Waals surface area contributed by atoms with Gasteiger partial charge < -0.3 is 5.73 Å². The summed E-state index contributed by atoms with van der Waals surface area (Å²) >= 11 is 6.04. The number of nitrogen functional groups attached to an aromatic ring is 1. The number of nitrogens with one attached hydrogen (secondary N) is 2. The van der Waals surface area contributed by atoms with Crippen LogP contribution in [-0.4, -0.2) is 24.1 Å². The third kappa shape index (κ3) is 4.77. The molecule has 0 radical (unpaired) electrons. The summed E-state index contributed by atoms with van der Waals surface area (Å²) in [5.74, 6) is 0.315. The van der Waals surface area contributed by atoms with Crippen molar-refractivity contribution >= 4 is 38.8 Å². The molecule has 0 fully saturated rings. The van der Waals surface area contributed by atoms with Crippen LogP contribution in [0.5, 0.6) is 0 Å². The highest BCUT2D eigenvalue weighted by atomic mass is 35.5. The maximum atomic E-state index is 12.9. The van der Waals surface area contributed by atoms with E-state index in [4.69, 9.17) is 22.7 Å². The van der Waals surface area contributed by atoms with Gasteiger partial charge in [-0.25, -0.2) is 13.4 Å². The Morgan fingerprint density at radius 1 is 1.07 bits per heavy atom. The first kappa shape index (κ1) is 21.7. The van der Waals surface area contributed by atoms with Crippen molar-refractivity contribution in [3.63, 3.8) is 0 Å². The van der Waals surface area contributed by atoms with Gasteiger partial charge in [-0.15, -0.1) is 0 Å². The number of halogens is 1. The second-order valence-corrected chi connectivity index (χ2v) is 9.90. The standard InChI is InChI=1S/C21H22ClN5O2S/c1-21(2,3)14-5-7-16(8-6-14)30(28,29)27-17-10-15(22)12-26-20(17)19(24)13-4-9-18(23)25-11-13/h4-12,24,27H,1-3H3,(H2,23,25). The number of pyridine rings is 2. The van der Waals surface area contributed by atoms with Crippen LogP contribution in [0.4, 0.5) is 11.5 Å². The lowest BCUT2D eigenvalue weighted by molar-refractivity contribution is 0.587. The molecule has 0 aliphatic rings. The van der Waals surface area contributed by atoms with Crippen LogP contribution in [0.15, 0.2) is 59.8 Å². The van der Waals surface area contributed by atoms with E-state index in [9.17, 15) is 8.42 Å². The van der Waals surface area contributed by atoms with E-state index in [-0.39, 0.29) is 32.4 Å². The molecule has 156 valence electrons. The molecule has 0 spiro atoms. The van der Waals surface area contributed by atoms with Crippen molar-refractivity contribution in [2.45, 2.75) is 31.1 Å². The van der Waals surface area contributed by atoms with Crippen LogP contribution < -0.4 is 10.5 Å². The van der Waals surface area contributed by atoms with Crippen LogP contribution in [0, 0.1) is 5.41 Å². The number of nitrogens with two attached hydrogens (primary N) is 1. The lowest BCUT2D eigenvalue weighted by Crippen LogP contribution is -2.18. The smallest absolute Gasteiger partial charge is 0.261 e. The van der Waals surface area contributed by atoms with Gasteiger partial charge in [-0.1, -0.05) is 44.5 Å². The summed E-state index contributed by atoms with van der Waals surface area (Å²) in [5, 5.41) is 8.68. The Bertz CT molecular complexity index is 1190. The molecule has 1 aromatic carbocycles. The number of rotatable bonds is 5. The zero-order chi connectivity index (χ0) is 22.1. The van der Waals surface area contributed by atoms with Gasteiger partial charge in [0.2, 0.25) is 0 Å². The Kier molecular flexibility index (Phi) is 5.83. The highest BCUT2D eigenvalue weighted by molar-refractivity contribution is 7.92. The van der Waals surface area contributed by atoms with E-state index in [1.165, 1.54) is 18.5 Å². The van der Waals surface area contributed by atoms with Crippen molar-refractivity contribution in [1.29, 1.82) is 5.41 Å². The van der Waals surface area contributed by atoms with Gasteiger partial charge in [0.05, 0.1) is 21.3 Å². The molecular weight excluding hydrogens is 422 g/mol. The fourth-order valence-corrected chi connectivity index (χ4v) is 3.96. The molecule has 2 heterocycles. The van der Waals surface area contributed by atoms with Gasteiger partial charge in [0.15, 0.2) is 0 Å². The second kappa shape index (κ2) is 8.04. The number of sulfonamides is 1. The zero-order valence-corrected chi connectivity index (χ0v) is 18.3. The Balaban J connectivity index is 1.97. The van der Waals surface area contributed by atoms with Crippen LogP contribution in [0.25, 0.3) is 0 Å². The summed E-state index contributed by atoms with van der Waals surface area (Å²) in [5.41, 5.74) is 7.17. The predicted molar refractivity (Wildman–Crippen MR) is 120 cm³/mol. The molecule has 3 aromatic rings. The first-order valence-corrected chi connectivity index (χ1v) is 10.9. The minimum atomic E-state index is -3.92. The molecule has 4 N–H and O–H groups in total. The van der Waals surface area contributed by atoms with Crippen molar-refractivity contribution in [2.24, 2.45) is 0 Å². The summed E-state index contributed by atoms with van der Waals surface area (Å²) in [6.07, 6.45) is 2.78. The number of nitrogens with zero attached hydrogens (tertiary/aromatic N) is 2. The molecule has 7 nitrogen and oxygen atoms in total. The van der Waals surface area contributed by atoms with Crippen molar-refractivity contribution < 1.29 is 8.42 Å². The molecular formula is C21H22ClN5O2S. The molecule has 2 aromatic heterocycles. The Morgan fingerprint density at radius 3 is 2.30 bits per heavy atom. The Labute approximate surface area is 180 Å². The molecule has 30 heavy (non-hydrogen) atoms. The molecule has 0 unspecified atom stereocenters. The second-order valence-electron chi connectivity index (χ2n) is 7.78. The van der Waals surface area contributed by atoms with Gasteiger partial charge in [0.25, 0.3) is 10.0 Å². The largest absolute Gasteiger partial charge is 0.384 e. The third-order valence-electron chi connectivity index (χ3n) is 4.44. The van der Waals surface area contributed by atoms with Gasteiger partial charge in [0.1, 0.15) is 11.5 Å². The molecule has 0 amide bonds. The Hall–Kier alpha value is -2.97. The molecule has 0 saturated carbocycles. The highest BCUT2D eigenvalue weighted by Crippen LogP contribution is 2.27. The third-order valence-corrected chi connectivity index (χ3v) is 6.03. The van der Waals surface area contributed by atoms with Crippen LogP contribution in [-0.2, 0) is 15.4 Å². The summed E-state index contributed by atoms with van der Waals surface area (Å²) in [4.78, 5) is 8.23. The number of hydrogen-bond acceptors (Lipinski definition) is 6. The van der Waals surface area contributed by atoms with E-state index < -0.39 is 10.0 Å². The molecule has 0 atom stereocenters. The van der Waals surface area contributed by atoms with Crippen molar-refractivity contribution in [3.05, 3.63) is 76.7 Å². The zero-order valence-electron chi connectivity index (χ0n) is 16.8. The van der Waals surface area contributed by atoms with Gasteiger partial charge in [0, 0.05) is 18.0 Å². The lowest BCUT2D eigenvalue weighted by Gasteiger charge is -2.19. The Morgan fingerprint density at radius 2 is 1.73 bits per heavy atom. The fourth-order valence-electron chi connectivity index (χ4n) is 2.74. The predicted octanol–water partition coefficient (Wildman–Crippen LogP) is 4.23. The minimum absolute atomic E-state index is 0.0139. The summed E-state index contributed by atoms with van der Waals surface area (Å²) in [7, 11) is -3.92.